The second-order valence-corrected chi connectivity index (χ2v) is 5.51. The van der Waals surface area contributed by atoms with Gasteiger partial charge in [-0.05, 0) is 31.5 Å². The van der Waals surface area contributed by atoms with Crippen LogP contribution in [0.15, 0.2) is 29.3 Å². The molecule has 4 nitrogen and oxygen atoms in total. The Hall–Kier alpha value is -1.89. The van der Waals surface area contributed by atoms with Crippen molar-refractivity contribution in [3.05, 3.63) is 40.4 Å². The largest absolute Gasteiger partial charge is 0.417 e. The fourth-order valence-corrected chi connectivity index (χ4v) is 2.91. The summed E-state index contributed by atoms with van der Waals surface area (Å²) < 4.78 is 40.8. The average Bonchev–Trinajstić information content (AvgIpc) is 2.75. The number of rotatable bonds is 1. The molecule has 0 spiro atoms. The fourth-order valence-electron chi connectivity index (χ4n) is 2.91. The number of aromatic nitrogens is 2. The molecule has 1 aliphatic heterocycles. The summed E-state index contributed by atoms with van der Waals surface area (Å²) in [5.41, 5.74) is -1.46. The van der Waals surface area contributed by atoms with Crippen LogP contribution in [0.1, 0.15) is 30.9 Å². The van der Waals surface area contributed by atoms with Gasteiger partial charge in [0.1, 0.15) is 0 Å². The topological polar surface area (TPSA) is 46.9 Å². The molecule has 7 heteroatoms. The van der Waals surface area contributed by atoms with E-state index in [0.717, 1.165) is 31.9 Å². The van der Waals surface area contributed by atoms with Crippen LogP contribution in [0.2, 0.25) is 0 Å². The third-order valence-electron chi connectivity index (χ3n) is 4.03. The van der Waals surface area contributed by atoms with E-state index in [1.54, 1.807) is 0 Å². The summed E-state index contributed by atoms with van der Waals surface area (Å²) in [5.74, 6) is 0. The average molecular weight is 311 g/mol. The highest BCUT2D eigenvalue weighted by Gasteiger charge is 2.34. The molecule has 0 saturated carbocycles. The Labute approximate surface area is 125 Å². The van der Waals surface area contributed by atoms with Crippen LogP contribution in [0.3, 0.4) is 0 Å². The highest BCUT2D eigenvalue weighted by atomic mass is 19.4. The normalized spacial score (nSPS) is 20.0. The van der Waals surface area contributed by atoms with Crippen molar-refractivity contribution in [2.24, 2.45) is 0 Å². The van der Waals surface area contributed by atoms with E-state index in [1.807, 2.05) is 0 Å². The second-order valence-electron chi connectivity index (χ2n) is 5.51. The molecule has 1 aromatic carbocycles. The zero-order valence-corrected chi connectivity index (χ0v) is 11.9. The van der Waals surface area contributed by atoms with Gasteiger partial charge in [0.15, 0.2) is 0 Å². The predicted molar refractivity (Wildman–Crippen MR) is 76.8 cm³/mol. The molecule has 2 aromatic rings. The smallest absolute Gasteiger partial charge is 0.315 e. The van der Waals surface area contributed by atoms with Gasteiger partial charge in [-0.3, -0.25) is 9.36 Å². The maximum absolute atomic E-state index is 13.1. The summed E-state index contributed by atoms with van der Waals surface area (Å²) in [5, 5.41) is 2.86. The maximum atomic E-state index is 13.1. The Morgan fingerprint density at radius 1 is 1.27 bits per heavy atom. The van der Waals surface area contributed by atoms with Gasteiger partial charge in [0, 0.05) is 6.54 Å². The lowest BCUT2D eigenvalue weighted by atomic mass is 10.1. The fraction of sp³-hybridized carbons (Fsp3) is 0.467. The quantitative estimate of drug-likeness (QED) is 0.881. The van der Waals surface area contributed by atoms with Gasteiger partial charge in [0.2, 0.25) is 0 Å². The highest BCUT2D eigenvalue weighted by Crippen LogP contribution is 2.32. The van der Waals surface area contributed by atoms with Crippen LogP contribution in [0.25, 0.3) is 10.9 Å². The summed E-state index contributed by atoms with van der Waals surface area (Å²) in [6, 6.07) is 3.48. The van der Waals surface area contributed by atoms with Crippen molar-refractivity contribution in [2.45, 2.75) is 31.5 Å². The Bertz CT molecular complexity index is 731. The molecule has 22 heavy (non-hydrogen) atoms. The molecule has 1 aromatic heterocycles. The third-order valence-corrected chi connectivity index (χ3v) is 4.03. The van der Waals surface area contributed by atoms with Crippen molar-refractivity contribution in [3.8, 4) is 0 Å². The first kappa shape index (κ1) is 15.0. The van der Waals surface area contributed by atoms with Crippen molar-refractivity contribution in [1.82, 2.24) is 14.9 Å². The number of alkyl halides is 3. The predicted octanol–water partition coefficient (Wildman–Crippen LogP) is 2.73. The van der Waals surface area contributed by atoms with Crippen LogP contribution in [0.4, 0.5) is 13.2 Å². The number of halogens is 3. The van der Waals surface area contributed by atoms with Gasteiger partial charge < -0.3 is 5.32 Å². The van der Waals surface area contributed by atoms with Gasteiger partial charge in [-0.15, -0.1) is 0 Å². The summed E-state index contributed by atoms with van der Waals surface area (Å²) in [4.78, 5) is 16.7. The monoisotopic (exact) mass is 311 g/mol. The Morgan fingerprint density at radius 2 is 2.09 bits per heavy atom. The molecule has 3 rings (SSSR count). The molecule has 1 atom stereocenters. The molecule has 0 aliphatic carbocycles. The maximum Gasteiger partial charge on any atom is 0.417 e. The van der Waals surface area contributed by atoms with Crippen molar-refractivity contribution in [3.63, 3.8) is 0 Å². The van der Waals surface area contributed by atoms with Gasteiger partial charge in [0.25, 0.3) is 5.56 Å². The number of benzene rings is 1. The lowest BCUT2D eigenvalue weighted by Gasteiger charge is -2.18. The molecule has 1 unspecified atom stereocenters. The standard InChI is InChI=1S/C15H16F3N3O/c16-15(17,18)11-5-3-6-12-13(11)14(22)21(9-20-12)10-4-1-2-7-19-8-10/h3,5-6,9-10,19H,1-2,4,7-8H2. The zero-order valence-electron chi connectivity index (χ0n) is 11.9. The Morgan fingerprint density at radius 3 is 2.86 bits per heavy atom. The first-order chi connectivity index (χ1) is 10.5. The second kappa shape index (κ2) is 5.72. The zero-order chi connectivity index (χ0) is 15.7. The number of nitrogens with zero attached hydrogens (tertiary/aromatic N) is 2. The molecule has 1 aliphatic rings. The molecule has 2 heterocycles. The van der Waals surface area contributed by atoms with Gasteiger partial charge in [-0.2, -0.15) is 13.2 Å². The summed E-state index contributed by atoms with van der Waals surface area (Å²) in [6.07, 6.45) is -0.513. The number of nitrogens with one attached hydrogen (secondary N) is 1. The van der Waals surface area contributed by atoms with Crippen LogP contribution >= 0.6 is 0 Å². The van der Waals surface area contributed by atoms with E-state index < -0.39 is 17.3 Å². The molecule has 0 radical (unpaired) electrons. The van der Waals surface area contributed by atoms with Crippen molar-refractivity contribution in [1.29, 1.82) is 0 Å². The molecule has 118 valence electrons. The van der Waals surface area contributed by atoms with Crippen molar-refractivity contribution in [2.75, 3.05) is 13.1 Å². The Kier molecular flexibility index (Phi) is 3.90. The van der Waals surface area contributed by atoms with E-state index in [4.69, 9.17) is 0 Å². The minimum absolute atomic E-state index is 0.0812. The summed E-state index contributed by atoms with van der Waals surface area (Å²) >= 11 is 0. The van der Waals surface area contributed by atoms with Crippen LogP contribution < -0.4 is 10.9 Å². The minimum Gasteiger partial charge on any atom is -0.315 e. The van der Waals surface area contributed by atoms with Gasteiger partial charge in [-0.25, -0.2) is 4.98 Å². The molecule has 1 saturated heterocycles. The van der Waals surface area contributed by atoms with E-state index in [9.17, 15) is 18.0 Å². The van der Waals surface area contributed by atoms with Gasteiger partial charge in [-0.1, -0.05) is 12.5 Å². The number of hydrogen-bond donors (Lipinski definition) is 1. The van der Waals surface area contributed by atoms with Crippen LogP contribution in [-0.2, 0) is 6.18 Å². The first-order valence-electron chi connectivity index (χ1n) is 7.26. The molecular formula is C15H16F3N3O. The van der Waals surface area contributed by atoms with E-state index >= 15 is 0 Å². The molecule has 0 amide bonds. The van der Waals surface area contributed by atoms with Gasteiger partial charge in [0.05, 0.1) is 28.8 Å². The molecule has 0 bridgehead atoms. The Balaban J connectivity index is 2.18. The van der Waals surface area contributed by atoms with Crippen LogP contribution in [0.5, 0.6) is 0 Å². The first-order valence-corrected chi connectivity index (χ1v) is 7.26. The lowest BCUT2D eigenvalue weighted by molar-refractivity contribution is -0.136. The molecule has 1 fully saturated rings. The van der Waals surface area contributed by atoms with Crippen molar-refractivity contribution >= 4 is 10.9 Å². The minimum atomic E-state index is -4.57. The summed E-state index contributed by atoms with van der Waals surface area (Å²) in [6.45, 7) is 1.43. The third kappa shape index (κ3) is 2.72. The van der Waals surface area contributed by atoms with E-state index in [-0.39, 0.29) is 16.9 Å². The lowest BCUT2D eigenvalue weighted by Crippen LogP contribution is -2.32. The molecule has 1 N–H and O–H groups in total. The van der Waals surface area contributed by atoms with Crippen molar-refractivity contribution < 1.29 is 13.2 Å². The van der Waals surface area contributed by atoms with E-state index in [0.29, 0.717) is 6.54 Å². The van der Waals surface area contributed by atoms with E-state index in [2.05, 4.69) is 10.3 Å². The SMILES string of the molecule is O=c1c2c(C(F)(F)F)cccc2ncn1C1CCCCNC1. The summed E-state index contributed by atoms with van der Waals surface area (Å²) in [7, 11) is 0. The number of fused-ring (bicyclic) bond motifs is 1. The van der Waals surface area contributed by atoms with Crippen LogP contribution in [-0.4, -0.2) is 22.6 Å². The number of hydrogen-bond acceptors (Lipinski definition) is 3. The van der Waals surface area contributed by atoms with Crippen LogP contribution in [0, 0.1) is 0 Å². The van der Waals surface area contributed by atoms with Gasteiger partial charge >= 0.3 is 6.18 Å². The highest BCUT2D eigenvalue weighted by molar-refractivity contribution is 5.81. The molecular weight excluding hydrogens is 295 g/mol. The van der Waals surface area contributed by atoms with E-state index in [1.165, 1.54) is 23.0 Å².